The Hall–Kier alpha value is -2.38. The lowest BCUT2D eigenvalue weighted by Crippen LogP contribution is -2.31. The molecule has 0 saturated carbocycles. The van der Waals surface area contributed by atoms with Gasteiger partial charge in [-0.1, -0.05) is 91.0 Å². The van der Waals surface area contributed by atoms with Crippen LogP contribution in [0.4, 0.5) is 0 Å². The quantitative estimate of drug-likeness (QED) is 0.657. The number of likely N-dealkylation sites (tertiary alicyclic amines) is 1. The third-order valence-corrected chi connectivity index (χ3v) is 5.69. The molecule has 3 aromatic carbocycles. The largest absolute Gasteiger partial charge is 0.302 e. The van der Waals surface area contributed by atoms with E-state index in [1.165, 1.54) is 16.7 Å². The molecule has 1 unspecified atom stereocenters. The second-order valence-corrected chi connectivity index (χ2v) is 7.28. The molecule has 3 aromatic rings. The maximum atomic E-state index is 2.55. The topological polar surface area (TPSA) is 3.24 Å². The first-order valence-electron chi connectivity index (χ1n) is 9.13. The Kier molecular flexibility index (Phi) is 4.42. The van der Waals surface area contributed by atoms with Gasteiger partial charge >= 0.3 is 0 Å². The molecule has 4 rings (SSSR count). The van der Waals surface area contributed by atoms with E-state index >= 15 is 0 Å². The van der Waals surface area contributed by atoms with Crippen molar-refractivity contribution in [2.24, 2.45) is 0 Å². The van der Waals surface area contributed by atoms with Gasteiger partial charge in [0.15, 0.2) is 0 Å². The van der Waals surface area contributed by atoms with Crippen LogP contribution < -0.4 is 0 Å². The van der Waals surface area contributed by atoms with Gasteiger partial charge in [0.05, 0.1) is 0 Å². The van der Waals surface area contributed by atoms with Gasteiger partial charge in [0, 0.05) is 18.0 Å². The van der Waals surface area contributed by atoms with Crippen LogP contribution in [0.1, 0.15) is 23.1 Å². The van der Waals surface area contributed by atoms with Crippen molar-refractivity contribution >= 4 is 0 Å². The molecule has 1 heterocycles. The summed E-state index contributed by atoms with van der Waals surface area (Å²) in [5.74, 6) is 0. The van der Waals surface area contributed by atoms with E-state index in [9.17, 15) is 0 Å². The minimum atomic E-state index is 0.0801. The zero-order valence-corrected chi connectivity index (χ0v) is 14.8. The standard InChI is InChI=1S/C24H25N/c1-25-19-24(21-13-7-3-8-14-21,22-15-9-4-10-16-22)18-23(25)17-20-11-5-2-6-12-20/h2-16,23H,17-19H2,1H3. The molecule has 1 aliphatic heterocycles. The maximum absolute atomic E-state index is 2.55. The summed E-state index contributed by atoms with van der Waals surface area (Å²) in [6.07, 6.45) is 2.27. The molecule has 25 heavy (non-hydrogen) atoms. The number of rotatable bonds is 4. The molecule has 0 amide bonds. The van der Waals surface area contributed by atoms with Crippen molar-refractivity contribution in [1.82, 2.24) is 4.90 Å². The first kappa shape index (κ1) is 16.1. The van der Waals surface area contributed by atoms with E-state index in [0.717, 1.165) is 19.4 Å². The Morgan fingerprint density at radius 2 is 1.24 bits per heavy atom. The highest BCUT2D eigenvalue weighted by atomic mass is 15.2. The summed E-state index contributed by atoms with van der Waals surface area (Å²) in [6.45, 7) is 1.07. The van der Waals surface area contributed by atoms with Crippen LogP contribution in [0.15, 0.2) is 91.0 Å². The second kappa shape index (κ2) is 6.85. The molecule has 1 heteroatoms. The van der Waals surface area contributed by atoms with Crippen LogP contribution in [0.5, 0.6) is 0 Å². The van der Waals surface area contributed by atoms with E-state index in [0.29, 0.717) is 6.04 Å². The third-order valence-electron chi connectivity index (χ3n) is 5.69. The van der Waals surface area contributed by atoms with Crippen molar-refractivity contribution in [2.45, 2.75) is 24.3 Å². The summed E-state index contributed by atoms with van der Waals surface area (Å²) >= 11 is 0. The Morgan fingerprint density at radius 3 is 1.76 bits per heavy atom. The fraction of sp³-hybridized carbons (Fsp3) is 0.250. The Balaban J connectivity index is 1.71. The van der Waals surface area contributed by atoms with Crippen molar-refractivity contribution in [1.29, 1.82) is 0 Å². The van der Waals surface area contributed by atoms with Gasteiger partial charge in [-0.15, -0.1) is 0 Å². The summed E-state index contributed by atoms with van der Waals surface area (Å²) in [5, 5.41) is 0. The van der Waals surface area contributed by atoms with Gasteiger partial charge in [0.1, 0.15) is 0 Å². The molecule has 1 nitrogen and oxygen atoms in total. The highest BCUT2D eigenvalue weighted by Crippen LogP contribution is 2.43. The molecule has 0 N–H and O–H groups in total. The number of benzene rings is 3. The molecule has 1 saturated heterocycles. The van der Waals surface area contributed by atoms with Crippen molar-refractivity contribution < 1.29 is 0 Å². The average Bonchev–Trinajstić information content (AvgIpc) is 3.01. The van der Waals surface area contributed by atoms with Crippen molar-refractivity contribution in [3.8, 4) is 0 Å². The first-order valence-corrected chi connectivity index (χ1v) is 9.13. The van der Waals surface area contributed by atoms with E-state index in [2.05, 4.69) is 103 Å². The SMILES string of the molecule is CN1CC(c2ccccc2)(c2ccccc2)CC1Cc1ccccc1. The lowest BCUT2D eigenvalue weighted by Gasteiger charge is -2.30. The van der Waals surface area contributed by atoms with E-state index in [4.69, 9.17) is 0 Å². The number of hydrogen-bond acceptors (Lipinski definition) is 1. The van der Waals surface area contributed by atoms with Gasteiger partial charge in [0.2, 0.25) is 0 Å². The summed E-state index contributed by atoms with van der Waals surface area (Å²) in [7, 11) is 2.28. The molecule has 0 aromatic heterocycles. The van der Waals surface area contributed by atoms with Crippen LogP contribution in [0.25, 0.3) is 0 Å². The monoisotopic (exact) mass is 327 g/mol. The van der Waals surface area contributed by atoms with E-state index in [1.807, 2.05) is 0 Å². The zero-order valence-electron chi connectivity index (χ0n) is 14.8. The van der Waals surface area contributed by atoms with Gasteiger partial charge in [-0.3, -0.25) is 0 Å². The number of nitrogens with zero attached hydrogens (tertiary/aromatic N) is 1. The fourth-order valence-corrected chi connectivity index (χ4v) is 4.39. The summed E-state index contributed by atoms with van der Waals surface area (Å²) < 4.78 is 0. The number of hydrogen-bond donors (Lipinski definition) is 0. The van der Waals surface area contributed by atoms with Gasteiger partial charge < -0.3 is 4.90 Å². The molecule has 0 spiro atoms. The smallest absolute Gasteiger partial charge is 0.0344 e. The number of likely N-dealkylation sites (N-methyl/N-ethyl adjacent to an activating group) is 1. The van der Waals surface area contributed by atoms with Crippen molar-refractivity contribution in [3.63, 3.8) is 0 Å². The minimum absolute atomic E-state index is 0.0801. The second-order valence-electron chi connectivity index (χ2n) is 7.28. The van der Waals surface area contributed by atoms with Crippen molar-refractivity contribution in [3.05, 3.63) is 108 Å². The third kappa shape index (κ3) is 3.12. The van der Waals surface area contributed by atoms with Crippen LogP contribution in [0.2, 0.25) is 0 Å². The lowest BCUT2D eigenvalue weighted by molar-refractivity contribution is 0.305. The van der Waals surface area contributed by atoms with Gasteiger partial charge in [-0.25, -0.2) is 0 Å². The summed E-state index contributed by atoms with van der Waals surface area (Å²) in [4.78, 5) is 2.55. The predicted molar refractivity (Wildman–Crippen MR) is 105 cm³/mol. The summed E-state index contributed by atoms with van der Waals surface area (Å²) in [6, 6.07) is 33.5. The molecule has 1 fully saturated rings. The van der Waals surface area contributed by atoms with E-state index in [1.54, 1.807) is 0 Å². The van der Waals surface area contributed by atoms with Crippen molar-refractivity contribution in [2.75, 3.05) is 13.6 Å². The highest BCUT2D eigenvalue weighted by Gasteiger charge is 2.44. The molecule has 1 atom stereocenters. The first-order chi connectivity index (χ1) is 12.3. The van der Waals surface area contributed by atoms with Crippen LogP contribution in [0, 0.1) is 0 Å². The Bertz CT molecular complexity index is 756. The molecule has 126 valence electrons. The normalized spacial score (nSPS) is 19.8. The molecule has 0 radical (unpaired) electrons. The molecule has 1 aliphatic rings. The van der Waals surface area contributed by atoms with Gasteiger partial charge in [0.25, 0.3) is 0 Å². The molecule has 0 aliphatic carbocycles. The van der Waals surface area contributed by atoms with Crippen LogP contribution in [0.3, 0.4) is 0 Å². The fourth-order valence-electron chi connectivity index (χ4n) is 4.39. The van der Waals surface area contributed by atoms with Crippen LogP contribution >= 0.6 is 0 Å². The van der Waals surface area contributed by atoms with E-state index in [-0.39, 0.29) is 5.41 Å². The highest BCUT2D eigenvalue weighted by molar-refractivity contribution is 5.42. The Labute approximate surface area is 150 Å². The maximum Gasteiger partial charge on any atom is 0.0344 e. The zero-order chi connectivity index (χ0) is 17.1. The van der Waals surface area contributed by atoms with Crippen LogP contribution in [-0.4, -0.2) is 24.5 Å². The molecular formula is C24H25N. The lowest BCUT2D eigenvalue weighted by atomic mass is 9.72. The molecular weight excluding hydrogens is 302 g/mol. The van der Waals surface area contributed by atoms with Gasteiger partial charge in [-0.05, 0) is 36.6 Å². The average molecular weight is 327 g/mol. The van der Waals surface area contributed by atoms with E-state index < -0.39 is 0 Å². The van der Waals surface area contributed by atoms with Crippen LogP contribution in [-0.2, 0) is 11.8 Å². The predicted octanol–water partition coefficient (Wildman–Crippen LogP) is 4.92. The minimum Gasteiger partial charge on any atom is -0.302 e. The molecule has 0 bridgehead atoms. The Morgan fingerprint density at radius 1 is 0.760 bits per heavy atom. The summed E-state index contributed by atoms with van der Waals surface area (Å²) in [5.41, 5.74) is 4.37. The van der Waals surface area contributed by atoms with Gasteiger partial charge in [-0.2, -0.15) is 0 Å².